The highest BCUT2D eigenvalue weighted by Crippen LogP contribution is 2.14. The number of nitrogens with two attached hydrogens (primary N) is 1. The minimum atomic E-state index is -4.03. The van der Waals surface area contributed by atoms with Crippen molar-refractivity contribution < 1.29 is 22.0 Å². The molecule has 0 aliphatic rings. The average Bonchev–Trinajstić information content (AvgIpc) is 2.60. The van der Waals surface area contributed by atoms with E-state index < -0.39 is 28.9 Å². The third-order valence-corrected chi connectivity index (χ3v) is 2.99. The van der Waals surface area contributed by atoms with Crippen molar-refractivity contribution in [3.8, 4) is 0 Å². The number of halogens is 2. The summed E-state index contributed by atoms with van der Waals surface area (Å²) in [4.78, 5) is 11.2. The molecule has 1 heterocycles. The molecule has 0 unspecified atom stereocenters. The molecule has 0 atom stereocenters. The van der Waals surface area contributed by atoms with E-state index >= 15 is 0 Å². The number of alkyl halides is 2. The maximum Gasteiger partial charge on any atom is 0.267 e. The number of nitrogens with zero attached hydrogens (tertiary/aromatic N) is 1. The van der Waals surface area contributed by atoms with E-state index in [0.717, 1.165) is 16.8 Å². The summed E-state index contributed by atoms with van der Waals surface area (Å²) in [5.74, 6) is -0.631. The van der Waals surface area contributed by atoms with Crippen molar-refractivity contribution in [2.75, 3.05) is 6.54 Å². The Morgan fingerprint density at radius 3 is 2.61 bits per heavy atom. The average molecular weight is 281 g/mol. The maximum absolute atomic E-state index is 12.3. The van der Waals surface area contributed by atoms with Gasteiger partial charge in [0, 0.05) is 12.7 Å². The lowest BCUT2D eigenvalue weighted by molar-refractivity contribution is 0.0933. The number of carbonyl (C=O) groups excluding carboxylic acids is 1. The summed E-state index contributed by atoms with van der Waals surface area (Å²) in [7, 11) is -4.03. The molecule has 1 aromatic rings. The summed E-state index contributed by atoms with van der Waals surface area (Å²) >= 11 is 0. The van der Waals surface area contributed by atoms with Gasteiger partial charge in [0.2, 0.25) is 10.0 Å². The van der Waals surface area contributed by atoms with Crippen LogP contribution in [0, 0.1) is 0 Å². The van der Waals surface area contributed by atoms with Crippen LogP contribution in [-0.4, -0.2) is 31.9 Å². The van der Waals surface area contributed by atoms with Crippen molar-refractivity contribution in [1.29, 1.82) is 0 Å². The van der Waals surface area contributed by atoms with Gasteiger partial charge in [-0.25, -0.2) is 22.3 Å². The smallest absolute Gasteiger partial charge is 0.267 e. The van der Waals surface area contributed by atoms with E-state index in [4.69, 9.17) is 5.14 Å². The minimum Gasteiger partial charge on any atom is -0.351 e. The maximum atomic E-state index is 12.3. The first-order valence-corrected chi connectivity index (χ1v) is 6.59. The SMILES string of the molecule is CCNC(=O)c1cc(S(N)(=O)=O)cn1CC(F)F. The van der Waals surface area contributed by atoms with Crippen molar-refractivity contribution >= 4 is 15.9 Å². The summed E-state index contributed by atoms with van der Waals surface area (Å²) in [5, 5.41) is 7.28. The number of primary sulfonamides is 1. The zero-order chi connectivity index (χ0) is 13.9. The van der Waals surface area contributed by atoms with Gasteiger partial charge in [0.15, 0.2) is 0 Å². The van der Waals surface area contributed by atoms with Crippen molar-refractivity contribution in [2.45, 2.75) is 24.8 Å². The Balaban J connectivity index is 3.21. The van der Waals surface area contributed by atoms with Gasteiger partial charge in [0.1, 0.15) is 10.6 Å². The van der Waals surface area contributed by atoms with Gasteiger partial charge in [-0.3, -0.25) is 4.79 Å². The van der Waals surface area contributed by atoms with Crippen LogP contribution >= 0.6 is 0 Å². The number of amides is 1. The van der Waals surface area contributed by atoms with E-state index in [2.05, 4.69) is 5.32 Å². The summed E-state index contributed by atoms with van der Waals surface area (Å²) in [6.45, 7) is 1.17. The van der Waals surface area contributed by atoms with Gasteiger partial charge in [0.05, 0.1) is 6.54 Å². The predicted molar refractivity (Wildman–Crippen MR) is 59.8 cm³/mol. The number of sulfonamides is 1. The van der Waals surface area contributed by atoms with Crippen molar-refractivity contribution in [3.63, 3.8) is 0 Å². The van der Waals surface area contributed by atoms with E-state index in [0.29, 0.717) is 6.54 Å². The Labute approximate surface area is 103 Å². The Bertz CT molecular complexity index is 539. The normalized spacial score (nSPS) is 11.8. The Kier molecular flexibility index (Phi) is 4.41. The molecule has 0 saturated heterocycles. The van der Waals surface area contributed by atoms with Gasteiger partial charge in [-0.05, 0) is 13.0 Å². The standard InChI is InChI=1S/C9H13F2N3O3S/c1-2-13-9(15)7-3-6(18(12,16)17)4-14(7)5-8(10)11/h3-4,8H,2,5H2,1H3,(H,13,15)(H2,12,16,17). The molecule has 3 N–H and O–H groups in total. The van der Waals surface area contributed by atoms with Gasteiger partial charge in [0.25, 0.3) is 12.3 Å². The third-order valence-electron chi connectivity index (χ3n) is 2.10. The fourth-order valence-electron chi connectivity index (χ4n) is 1.38. The number of hydrogen-bond donors (Lipinski definition) is 2. The molecule has 6 nitrogen and oxygen atoms in total. The fourth-order valence-corrected chi connectivity index (χ4v) is 1.93. The molecule has 0 radical (unpaired) electrons. The fraction of sp³-hybridized carbons (Fsp3) is 0.444. The van der Waals surface area contributed by atoms with Crippen LogP contribution in [0.2, 0.25) is 0 Å². The molecular formula is C9H13F2N3O3S. The molecule has 0 aliphatic heterocycles. The second-order valence-electron chi connectivity index (χ2n) is 3.51. The van der Waals surface area contributed by atoms with Gasteiger partial charge >= 0.3 is 0 Å². The first kappa shape index (κ1) is 14.6. The number of rotatable bonds is 5. The quantitative estimate of drug-likeness (QED) is 0.804. The van der Waals surface area contributed by atoms with Crippen molar-refractivity contribution in [2.24, 2.45) is 5.14 Å². The summed E-state index contributed by atoms with van der Waals surface area (Å²) < 4.78 is 47.7. The van der Waals surface area contributed by atoms with Crippen LogP contribution in [0.4, 0.5) is 8.78 Å². The molecule has 102 valence electrons. The van der Waals surface area contributed by atoms with Crippen LogP contribution < -0.4 is 10.5 Å². The zero-order valence-electron chi connectivity index (χ0n) is 9.56. The highest BCUT2D eigenvalue weighted by Gasteiger charge is 2.20. The molecule has 18 heavy (non-hydrogen) atoms. The van der Waals surface area contributed by atoms with Gasteiger partial charge in [-0.1, -0.05) is 0 Å². The second kappa shape index (κ2) is 5.44. The lowest BCUT2D eigenvalue weighted by atomic mass is 10.4. The molecule has 9 heteroatoms. The Morgan fingerprint density at radius 1 is 1.56 bits per heavy atom. The van der Waals surface area contributed by atoms with Gasteiger partial charge in [-0.15, -0.1) is 0 Å². The van der Waals surface area contributed by atoms with E-state index in [-0.39, 0.29) is 10.6 Å². The number of aromatic nitrogens is 1. The molecular weight excluding hydrogens is 268 g/mol. The van der Waals surface area contributed by atoms with Crippen LogP contribution in [0.1, 0.15) is 17.4 Å². The number of carbonyl (C=O) groups is 1. The van der Waals surface area contributed by atoms with Gasteiger partial charge < -0.3 is 9.88 Å². The van der Waals surface area contributed by atoms with Crippen molar-refractivity contribution in [3.05, 3.63) is 18.0 Å². The molecule has 0 spiro atoms. The largest absolute Gasteiger partial charge is 0.351 e. The first-order valence-electron chi connectivity index (χ1n) is 5.05. The van der Waals surface area contributed by atoms with Crippen LogP contribution in [0.15, 0.2) is 17.2 Å². The highest BCUT2D eigenvalue weighted by molar-refractivity contribution is 7.89. The summed E-state index contributed by atoms with van der Waals surface area (Å²) in [5.41, 5.74) is -0.166. The summed E-state index contributed by atoms with van der Waals surface area (Å²) in [6, 6.07) is 0.975. The monoisotopic (exact) mass is 281 g/mol. The van der Waals surface area contributed by atoms with Crippen LogP contribution in [-0.2, 0) is 16.6 Å². The van der Waals surface area contributed by atoms with E-state index in [1.807, 2.05) is 0 Å². The topological polar surface area (TPSA) is 94.2 Å². The highest BCUT2D eigenvalue weighted by atomic mass is 32.2. The Hall–Kier alpha value is -1.48. The molecule has 0 bridgehead atoms. The van der Waals surface area contributed by atoms with E-state index in [1.165, 1.54) is 0 Å². The Morgan fingerprint density at radius 2 is 2.17 bits per heavy atom. The number of nitrogens with one attached hydrogen (secondary N) is 1. The molecule has 1 amide bonds. The molecule has 0 aromatic carbocycles. The molecule has 0 saturated carbocycles. The van der Waals surface area contributed by atoms with Crippen LogP contribution in [0.3, 0.4) is 0 Å². The van der Waals surface area contributed by atoms with Crippen molar-refractivity contribution in [1.82, 2.24) is 9.88 Å². The lowest BCUT2D eigenvalue weighted by Crippen LogP contribution is -2.26. The number of hydrogen-bond acceptors (Lipinski definition) is 3. The first-order chi connectivity index (χ1) is 8.25. The molecule has 1 rings (SSSR count). The minimum absolute atomic E-state index is 0.166. The summed E-state index contributed by atoms with van der Waals surface area (Å²) in [6.07, 6.45) is -1.79. The van der Waals surface area contributed by atoms with Gasteiger partial charge in [-0.2, -0.15) is 0 Å². The van der Waals surface area contributed by atoms with E-state index in [9.17, 15) is 22.0 Å². The van der Waals surface area contributed by atoms with Crippen LogP contribution in [0.5, 0.6) is 0 Å². The zero-order valence-corrected chi connectivity index (χ0v) is 10.4. The molecule has 0 fully saturated rings. The second-order valence-corrected chi connectivity index (χ2v) is 5.07. The van der Waals surface area contributed by atoms with E-state index in [1.54, 1.807) is 6.92 Å². The lowest BCUT2D eigenvalue weighted by Gasteiger charge is -2.07. The predicted octanol–water partition coefficient (Wildman–Crippen LogP) is 0.150. The third kappa shape index (κ3) is 3.50. The van der Waals surface area contributed by atoms with Crippen LogP contribution in [0.25, 0.3) is 0 Å². The molecule has 0 aliphatic carbocycles. The molecule has 1 aromatic heterocycles.